The molecule has 0 bridgehead atoms. The molecule has 5 nitrogen and oxygen atoms in total. The molecule has 1 aromatic carbocycles. The lowest BCUT2D eigenvalue weighted by Crippen LogP contribution is -2.25. The predicted molar refractivity (Wildman–Crippen MR) is 96.3 cm³/mol. The average molecular weight is 405 g/mol. The summed E-state index contributed by atoms with van der Waals surface area (Å²) in [6, 6.07) is 3.34. The van der Waals surface area contributed by atoms with E-state index in [9.17, 15) is 4.79 Å². The van der Waals surface area contributed by atoms with E-state index in [1.54, 1.807) is 19.2 Å². The molecule has 24 heavy (non-hydrogen) atoms. The molecule has 3 rings (SSSR count). The summed E-state index contributed by atoms with van der Waals surface area (Å²) in [4.78, 5) is 18.8. The van der Waals surface area contributed by atoms with Gasteiger partial charge in [-0.3, -0.25) is 4.79 Å². The van der Waals surface area contributed by atoms with Gasteiger partial charge in [-0.15, -0.1) is 11.3 Å². The van der Waals surface area contributed by atoms with E-state index in [0.717, 1.165) is 4.70 Å². The van der Waals surface area contributed by atoms with Crippen molar-refractivity contribution in [2.75, 3.05) is 7.05 Å². The van der Waals surface area contributed by atoms with Crippen LogP contribution in [-0.2, 0) is 13.0 Å². The van der Waals surface area contributed by atoms with Crippen molar-refractivity contribution in [1.82, 2.24) is 15.0 Å². The Hall–Kier alpha value is -1.34. The van der Waals surface area contributed by atoms with Gasteiger partial charge in [0, 0.05) is 28.6 Å². The van der Waals surface area contributed by atoms with Gasteiger partial charge in [-0.2, -0.15) is 4.98 Å². The van der Waals surface area contributed by atoms with Crippen molar-refractivity contribution in [2.24, 2.45) is 0 Å². The first-order chi connectivity index (χ1) is 11.4. The molecule has 0 unspecified atom stereocenters. The number of rotatable bonds is 4. The number of aromatic nitrogens is 2. The minimum absolute atomic E-state index is 0.199. The smallest absolute Gasteiger partial charge is 0.265 e. The number of hydrogen-bond acceptors (Lipinski definition) is 5. The number of hydrogen-bond donors (Lipinski definition) is 0. The number of carbonyl (C=O) groups is 1. The van der Waals surface area contributed by atoms with Crippen LogP contribution < -0.4 is 0 Å². The van der Waals surface area contributed by atoms with Crippen molar-refractivity contribution in [2.45, 2.75) is 19.9 Å². The van der Waals surface area contributed by atoms with Crippen molar-refractivity contribution in [3.63, 3.8) is 0 Å². The highest BCUT2D eigenvalue weighted by Gasteiger charge is 2.23. The van der Waals surface area contributed by atoms with Gasteiger partial charge in [0.2, 0.25) is 5.89 Å². The first-order valence-corrected chi connectivity index (χ1v) is 8.99. The highest BCUT2D eigenvalue weighted by Crippen LogP contribution is 2.41. The van der Waals surface area contributed by atoms with E-state index in [2.05, 4.69) is 10.1 Å². The number of halogens is 3. The fourth-order valence-electron chi connectivity index (χ4n) is 2.20. The first kappa shape index (κ1) is 17.5. The van der Waals surface area contributed by atoms with E-state index in [1.807, 2.05) is 6.92 Å². The maximum absolute atomic E-state index is 12.7. The van der Waals surface area contributed by atoms with Gasteiger partial charge in [0.1, 0.15) is 11.4 Å². The molecule has 126 valence electrons. The molecular formula is C15H12Cl3N3O2S. The lowest BCUT2D eigenvalue weighted by atomic mass is 10.2. The van der Waals surface area contributed by atoms with Gasteiger partial charge in [-0.25, -0.2) is 0 Å². The Morgan fingerprint density at radius 3 is 2.75 bits per heavy atom. The zero-order valence-electron chi connectivity index (χ0n) is 12.8. The fraction of sp³-hybridized carbons (Fsp3) is 0.267. The van der Waals surface area contributed by atoms with Crippen LogP contribution in [-0.4, -0.2) is 28.0 Å². The molecule has 0 atom stereocenters. The summed E-state index contributed by atoms with van der Waals surface area (Å²) < 4.78 is 5.88. The summed E-state index contributed by atoms with van der Waals surface area (Å²) in [5, 5.41) is 5.69. The van der Waals surface area contributed by atoms with E-state index in [-0.39, 0.29) is 12.5 Å². The Morgan fingerprint density at radius 2 is 2.08 bits per heavy atom. The molecule has 9 heteroatoms. The van der Waals surface area contributed by atoms with Crippen LogP contribution in [0.4, 0.5) is 0 Å². The van der Waals surface area contributed by atoms with Crippen molar-refractivity contribution >= 4 is 62.1 Å². The summed E-state index contributed by atoms with van der Waals surface area (Å²) in [6.07, 6.45) is 0.669. The Morgan fingerprint density at radius 1 is 1.33 bits per heavy atom. The molecule has 0 fully saturated rings. The minimum atomic E-state index is -0.246. The predicted octanol–water partition coefficient (Wildman–Crippen LogP) is 5.08. The molecule has 2 heterocycles. The first-order valence-electron chi connectivity index (χ1n) is 7.04. The van der Waals surface area contributed by atoms with Gasteiger partial charge in [0.05, 0.1) is 10.0 Å². The second-order valence-electron chi connectivity index (χ2n) is 5.13. The molecule has 0 spiro atoms. The molecule has 0 aliphatic rings. The maximum atomic E-state index is 12.7. The summed E-state index contributed by atoms with van der Waals surface area (Å²) in [5.74, 6) is 0.734. The second-order valence-corrected chi connectivity index (χ2v) is 7.40. The van der Waals surface area contributed by atoms with E-state index < -0.39 is 0 Å². The molecular weight excluding hydrogens is 393 g/mol. The van der Waals surface area contributed by atoms with Gasteiger partial charge < -0.3 is 9.42 Å². The van der Waals surface area contributed by atoms with Gasteiger partial charge >= 0.3 is 0 Å². The third-order valence-electron chi connectivity index (χ3n) is 3.39. The Kier molecular flexibility index (Phi) is 5.01. The Bertz CT molecular complexity index is 922. The quantitative estimate of drug-likeness (QED) is 0.608. The molecule has 0 N–H and O–H groups in total. The summed E-state index contributed by atoms with van der Waals surface area (Å²) in [7, 11) is 1.65. The van der Waals surface area contributed by atoms with Gasteiger partial charge in [0.15, 0.2) is 5.82 Å². The van der Waals surface area contributed by atoms with Gasteiger partial charge in [0.25, 0.3) is 5.91 Å². The van der Waals surface area contributed by atoms with E-state index in [1.165, 1.54) is 16.2 Å². The third-order valence-corrected chi connectivity index (χ3v) is 5.52. The topological polar surface area (TPSA) is 59.2 Å². The van der Waals surface area contributed by atoms with Crippen LogP contribution in [0.25, 0.3) is 10.1 Å². The summed E-state index contributed by atoms with van der Waals surface area (Å²) >= 11 is 19.8. The van der Waals surface area contributed by atoms with E-state index in [4.69, 9.17) is 39.3 Å². The molecule has 0 aliphatic heterocycles. The number of aryl methyl sites for hydroxylation is 1. The van der Waals surface area contributed by atoms with Crippen LogP contribution in [0.15, 0.2) is 16.7 Å². The lowest BCUT2D eigenvalue weighted by Gasteiger charge is -2.13. The summed E-state index contributed by atoms with van der Waals surface area (Å²) in [5.41, 5.74) is 0. The molecule has 1 amide bonds. The largest absolute Gasteiger partial charge is 0.337 e. The molecule has 0 radical (unpaired) electrons. The number of amides is 1. The fourth-order valence-corrected chi connectivity index (χ4v) is 4.56. The van der Waals surface area contributed by atoms with E-state index in [0.29, 0.717) is 43.5 Å². The zero-order valence-corrected chi connectivity index (χ0v) is 15.9. The standard InChI is InChI=1S/C15H12Cl3N3O2S/c1-3-10-19-11(23-20-10)6-21(2)15(22)14-13(18)12-8(17)4-7(16)5-9(12)24-14/h4-5H,3,6H2,1-2H3. The molecule has 0 saturated carbocycles. The molecule has 0 aliphatic carbocycles. The van der Waals surface area contributed by atoms with Crippen molar-refractivity contribution < 1.29 is 9.32 Å². The van der Waals surface area contributed by atoms with Crippen molar-refractivity contribution in [3.8, 4) is 0 Å². The maximum Gasteiger partial charge on any atom is 0.265 e. The van der Waals surface area contributed by atoms with E-state index >= 15 is 0 Å². The van der Waals surface area contributed by atoms with Crippen molar-refractivity contribution in [1.29, 1.82) is 0 Å². The molecule has 3 aromatic rings. The van der Waals surface area contributed by atoms with Crippen molar-refractivity contribution in [3.05, 3.63) is 43.8 Å². The van der Waals surface area contributed by atoms with Crippen LogP contribution in [0, 0.1) is 0 Å². The van der Waals surface area contributed by atoms with Crippen LogP contribution in [0.2, 0.25) is 15.1 Å². The van der Waals surface area contributed by atoms with Crippen LogP contribution in [0.1, 0.15) is 28.3 Å². The SMILES string of the molecule is CCc1noc(CN(C)C(=O)c2sc3cc(Cl)cc(Cl)c3c2Cl)n1. The van der Waals surface area contributed by atoms with Gasteiger partial charge in [-0.1, -0.05) is 46.9 Å². The zero-order chi connectivity index (χ0) is 17.4. The second kappa shape index (κ2) is 6.88. The van der Waals surface area contributed by atoms with Crippen LogP contribution in [0.5, 0.6) is 0 Å². The van der Waals surface area contributed by atoms with Gasteiger partial charge in [-0.05, 0) is 12.1 Å². The number of benzene rings is 1. The van der Waals surface area contributed by atoms with Crippen LogP contribution in [0.3, 0.4) is 0 Å². The summed E-state index contributed by atoms with van der Waals surface area (Å²) in [6.45, 7) is 2.13. The normalized spacial score (nSPS) is 11.2. The highest BCUT2D eigenvalue weighted by molar-refractivity contribution is 7.21. The van der Waals surface area contributed by atoms with Crippen LogP contribution >= 0.6 is 46.1 Å². The molecule has 0 saturated heterocycles. The molecule has 2 aromatic heterocycles. The average Bonchev–Trinajstić information content (AvgIpc) is 3.10. The number of nitrogens with zero attached hydrogens (tertiary/aromatic N) is 3. The number of carbonyl (C=O) groups excluding carboxylic acids is 1. The monoisotopic (exact) mass is 403 g/mol. The highest BCUT2D eigenvalue weighted by atomic mass is 35.5. The Balaban J connectivity index is 1.90. The Labute approximate surface area is 157 Å². The number of thiophene rings is 1. The third kappa shape index (κ3) is 3.24. The minimum Gasteiger partial charge on any atom is -0.337 e. The number of fused-ring (bicyclic) bond motifs is 1. The lowest BCUT2D eigenvalue weighted by molar-refractivity contribution is 0.0774.